The van der Waals surface area contributed by atoms with Gasteiger partial charge in [0.2, 0.25) is 0 Å². The molecule has 1 fully saturated rings. The number of methoxy groups -OCH3 is 2. The Balaban J connectivity index is 2.01. The number of hydrogen-bond donors (Lipinski definition) is 1. The van der Waals surface area contributed by atoms with Gasteiger partial charge in [0.25, 0.3) is 0 Å². The van der Waals surface area contributed by atoms with Gasteiger partial charge in [-0.05, 0) is 0 Å². The summed E-state index contributed by atoms with van der Waals surface area (Å²) in [6, 6.07) is 0. The van der Waals surface area contributed by atoms with Crippen LogP contribution in [0.1, 0.15) is 6.23 Å². The Kier molecular flexibility index (Phi) is 3.89. The molecular formula is C12H15F2N5O3. The number of aromatic nitrogens is 4. The van der Waals surface area contributed by atoms with Gasteiger partial charge >= 0.3 is 6.08 Å². The van der Waals surface area contributed by atoms with Crippen LogP contribution in [0.4, 0.5) is 14.6 Å². The Labute approximate surface area is 124 Å². The molecule has 8 nitrogen and oxygen atoms in total. The highest BCUT2D eigenvalue weighted by molar-refractivity contribution is 5.81. The fraction of sp³-hybridized carbons (Fsp3) is 0.583. The summed E-state index contributed by atoms with van der Waals surface area (Å²) in [7, 11) is 2.87. The first-order valence-corrected chi connectivity index (χ1v) is 6.53. The molecule has 120 valence electrons. The molecular weight excluding hydrogens is 300 g/mol. The molecule has 10 heteroatoms. The zero-order valence-corrected chi connectivity index (χ0v) is 11.9. The molecule has 1 aliphatic heterocycles. The molecule has 0 aliphatic carbocycles. The number of nitrogen functional groups attached to an aromatic ring is 1. The standard InChI is InChI=1S/C12H15F2N5O3/c1-20-3-5-8(21-2)6(13)11(22-5)19-4-16-7-9(15)17-12(14)18-10(7)19/h4-6,8,11H,3H2,1-2H3,(H2,15,17,18)/t5-,6?,8?,11-/m1/s1. The maximum atomic E-state index is 14.6. The number of alkyl halides is 1. The van der Waals surface area contributed by atoms with Crippen LogP contribution in [-0.2, 0) is 14.2 Å². The summed E-state index contributed by atoms with van der Waals surface area (Å²) >= 11 is 0. The maximum absolute atomic E-state index is 14.6. The van der Waals surface area contributed by atoms with Crippen molar-refractivity contribution in [3.05, 3.63) is 12.4 Å². The number of rotatable bonds is 4. The van der Waals surface area contributed by atoms with E-state index in [9.17, 15) is 8.78 Å². The van der Waals surface area contributed by atoms with Crippen molar-refractivity contribution in [3.8, 4) is 0 Å². The van der Waals surface area contributed by atoms with Crippen molar-refractivity contribution >= 4 is 17.0 Å². The third-order valence-electron chi connectivity index (χ3n) is 3.57. The SMILES string of the molecule is COC[C@H]1O[C@@H](n2cnc3c(N)nc(F)nc32)C(F)C1OC. The molecule has 2 aromatic rings. The number of fused-ring (bicyclic) bond motifs is 1. The van der Waals surface area contributed by atoms with E-state index in [-0.39, 0.29) is 23.6 Å². The lowest BCUT2D eigenvalue weighted by Gasteiger charge is -2.16. The predicted octanol–water partition coefficient (Wildman–Crippen LogP) is 0.444. The fourth-order valence-electron chi connectivity index (χ4n) is 2.60. The highest BCUT2D eigenvalue weighted by Crippen LogP contribution is 2.35. The zero-order valence-electron chi connectivity index (χ0n) is 11.9. The lowest BCUT2D eigenvalue weighted by Crippen LogP contribution is -2.33. The van der Waals surface area contributed by atoms with Crippen molar-refractivity contribution < 1.29 is 23.0 Å². The normalized spacial score (nSPS) is 28.5. The number of imidazole rings is 1. The molecule has 1 aliphatic rings. The van der Waals surface area contributed by atoms with Gasteiger partial charge in [-0.25, -0.2) is 9.37 Å². The van der Waals surface area contributed by atoms with Crippen LogP contribution in [0.25, 0.3) is 11.2 Å². The van der Waals surface area contributed by atoms with Gasteiger partial charge in [0, 0.05) is 14.2 Å². The topological polar surface area (TPSA) is 97.3 Å². The summed E-state index contributed by atoms with van der Waals surface area (Å²) < 4.78 is 45.0. The second-order valence-corrected chi connectivity index (χ2v) is 4.87. The monoisotopic (exact) mass is 315 g/mol. The van der Waals surface area contributed by atoms with Crippen LogP contribution in [-0.4, -0.2) is 58.7 Å². The first kappa shape index (κ1) is 15.0. The van der Waals surface area contributed by atoms with Gasteiger partial charge in [0.05, 0.1) is 12.9 Å². The van der Waals surface area contributed by atoms with Crippen LogP contribution in [0, 0.1) is 6.08 Å². The molecule has 0 saturated carbocycles. The summed E-state index contributed by atoms with van der Waals surface area (Å²) in [5.74, 6) is -0.119. The van der Waals surface area contributed by atoms with Gasteiger partial charge in [-0.15, -0.1) is 0 Å². The minimum Gasteiger partial charge on any atom is -0.382 e. The van der Waals surface area contributed by atoms with Gasteiger partial charge in [0.15, 0.2) is 29.4 Å². The maximum Gasteiger partial charge on any atom is 0.312 e. The largest absolute Gasteiger partial charge is 0.382 e. The quantitative estimate of drug-likeness (QED) is 0.818. The van der Waals surface area contributed by atoms with Gasteiger partial charge in [-0.2, -0.15) is 14.4 Å². The van der Waals surface area contributed by atoms with Crippen LogP contribution >= 0.6 is 0 Å². The second kappa shape index (κ2) is 5.71. The Morgan fingerprint density at radius 3 is 2.86 bits per heavy atom. The summed E-state index contributed by atoms with van der Waals surface area (Å²) in [4.78, 5) is 11.0. The number of nitrogens with zero attached hydrogens (tertiary/aromatic N) is 4. The third-order valence-corrected chi connectivity index (χ3v) is 3.57. The number of anilines is 1. The Morgan fingerprint density at radius 2 is 2.18 bits per heavy atom. The van der Waals surface area contributed by atoms with E-state index < -0.39 is 30.7 Å². The molecule has 0 radical (unpaired) electrons. The number of ether oxygens (including phenoxy) is 3. The Morgan fingerprint density at radius 1 is 1.41 bits per heavy atom. The van der Waals surface area contributed by atoms with E-state index in [1.54, 1.807) is 0 Å². The molecule has 2 aromatic heterocycles. The zero-order chi connectivity index (χ0) is 15.9. The number of halogens is 2. The van der Waals surface area contributed by atoms with E-state index in [0.717, 1.165) is 0 Å². The number of nitrogens with two attached hydrogens (primary N) is 1. The van der Waals surface area contributed by atoms with Crippen molar-refractivity contribution in [2.24, 2.45) is 0 Å². The summed E-state index contributed by atoms with van der Waals surface area (Å²) in [5, 5.41) is 0. The molecule has 3 rings (SSSR count). The van der Waals surface area contributed by atoms with Crippen molar-refractivity contribution in [2.45, 2.75) is 24.6 Å². The van der Waals surface area contributed by atoms with Gasteiger partial charge in [0.1, 0.15) is 12.2 Å². The van der Waals surface area contributed by atoms with Crippen LogP contribution in [0.5, 0.6) is 0 Å². The molecule has 0 bridgehead atoms. The average molecular weight is 315 g/mol. The molecule has 2 unspecified atom stereocenters. The van der Waals surface area contributed by atoms with E-state index >= 15 is 0 Å². The second-order valence-electron chi connectivity index (χ2n) is 4.87. The lowest BCUT2D eigenvalue weighted by atomic mass is 10.1. The average Bonchev–Trinajstić information content (AvgIpc) is 3.01. The number of hydrogen-bond acceptors (Lipinski definition) is 7. The summed E-state index contributed by atoms with van der Waals surface area (Å²) in [6.45, 7) is 0.160. The van der Waals surface area contributed by atoms with Gasteiger partial charge < -0.3 is 19.9 Å². The van der Waals surface area contributed by atoms with E-state index in [4.69, 9.17) is 19.9 Å². The van der Waals surface area contributed by atoms with Crippen LogP contribution in [0.15, 0.2) is 6.33 Å². The highest BCUT2D eigenvalue weighted by Gasteiger charge is 2.47. The molecule has 0 aromatic carbocycles. The predicted molar refractivity (Wildman–Crippen MR) is 71.2 cm³/mol. The van der Waals surface area contributed by atoms with Gasteiger partial charge in [-0.3, -0.25) is 4.57 Å². The molecule has 4 atom stereocenters. The van der Waals surface area contributed by atoms with Crippen LogP contribution in [0.3, 0.4) is 0 Å². The van der Waals surface area contributed by atoms with Crippen molar-refractivity contribution in [2.75, 3.05) is 26.6 Å². The molecule has 1 saturated heterocycles. The lowest BCUT2D eigenvalue weighted by molar-refractivity contribution is -0.0602. The molecule has 22 heavy (non-hydrogen) atoms. The minimum atomic E-state index is -1.50. The van der Waals surface area contributed by atoms with Crippen molar-refractivity contribution in [1.82, 2.24) is 19.5 Å². The van der Waals surface area contributed by atoms with Crippen molar-refractivity contribution in [1.29, 1.82) is 0 Å². The van der Waals surface area contributed by atoms with E-state index in [1.165, 1.54) is 25.1 Å². The molecule has 0 spiro atoms. The van der Waals surface area contributed by atoms with E-state index in [2.05, 4.69) is 15.0 Å². The van der Waals surface area contributed by atoms with E-state index in [1.807, 2.05) is 0 Å². The summed E-state index contributed by atoms with van der Waals surface area (Å²) in [6.07, 6.45) is -3.71. The van der Waals surface area contributed by atoms with Gasteiger partial charge in [-0.1, -0.05) is 0 Å². The molecule has 2 N–H and O–H groups in total. The third kappa shape index (κ3) is 2.28. The van der Waals surface area contributed by atoms with E-state index in [0.29, 0.717) is 0 Å². The molecule has 0 amide bonds. The highest BCUT2D eigenvalue weighted by atomic mass is 19.1. The molecule has 3 heterocycles. The Hall–Kier alpha value is -1.91. The first-order chi connectivity index (χ1) is 10.6. The van der Waals surface area contributed by atoms with Crippen LogP contribution in [0.2, 0.25) is 0 Å². The Bertz CT molecular complexity index is 682. The summed E-state index contributed by atoms with van der Waals surface area (Å²) in [5.41, 5.74) is 5.83. The van der Waals surface area contributed by atoms with Crippen LogP contribution < -0.4 is 5.73 Å². The smallest absolute Gasteiger partial charge is 0.312 e. The minimum absolute atomic E-state index is 0.0607. The first-order valence-electron chi connectivity index (χ1n) is 6.53. The fourth-order valence-corrected chi connectivity index (χ4v) is 2.60. The van der Waals surface area contributed by atoms with Crippen molar-refractivity contribution in [3.63, 3.8) is 0 Å².